The monoisotopic (exact) mass is 279 g/mol. The molecule has 0 bridgehead atoms. The van der Waals surface area contributed by atoms with E-state index in [1.165, 1.54) is 13.0 Å². The summed E-state index contributed by atoms with van der Waals surface area (Å²) in [5.74, 6) is -0.573. The quantitative estimate of drug-likeness (QED) is 0.266. The van der Waals surface area contributed by atoms with Crippen LogP contribution < -0.4 is 5.73 Å². The molecule has 0 heterocycles. The largest absolute Gasteiger partial charge is 0.464 e. The SMILES string of the molecule is CCCCCOC(=O)C(N)C=C(C)CP(=O)(O)O. The molecule has 6 nitrogen and oxygen atoms in total. The Hall–Kier alpha value is -0.680. The van der Waals surface area contributed by atoms with Crippen molar-refractivity contribution >= 4 is 13.6 Å². The van der Waals surface area contributed by atoms with Crippen LogP contribution in [0.4, 0.5) is 0 Å². The average molecular weight is 279 g/mol. The van der Waals surface area contributed by atoms with Gasteiger partial charge in [-0.15, -0.1) is 0 Å². The first-order valence-corrected chi connectivity index (χ1v) is 7.70. The molecule has 0 radical (unpaired) electrons. The molecule has 7 heteroatoms. The smallest absolute Gasteiger partial charge is 0.329 e. The summed E-state index contributed by atoms with van der Waals surface area (Å²) in [6.07, 6.45) is 3.73. The molecule has 0 aromatic heterocycles. The molecule has 0 aliphatic rings. The summed E-state index contributed by atoms with van der Waals surface area (Å²) in [4.78, 5) is 28.9. The molecular formula is C11H22NO5P. The zero-order valence-electron chi connectivity index (χ0n) is 10.8. The number of hydrogen-bond acceptors (Lipinski definition) is 4. The van der Waals surface area contributed by atoms with Gasteiger partial charge in [0.1, 0.15) is 6.04 Å². The van der Waals surface area contributed by atoms with Gasteiger partial charge in [0, 0.05) is 0 Å². The van der Waals surface area contributed by atoms with E-state index in [0.717, 1.165) is 19.3 Å². The molecule has 1 atom stereocenters. The minimum absolute atomic E-state index is 0.325. The van der Waals surface area contributed by atoms with E-state index in [1.54, 1.807) is 0 Å². The summed E-state index contributed by atoms with van der Waals surface area (Å²) in [6.45, 7) is 3.89. The number of hydrogen-bond donors (Lipinski definition) is 3. The highest BCUT2D eigenvalue weighted by molar-refractivity contribution is 7.52. The zero-order valence-corrected chi connectivity index (χ0v) is 11.7. The number of esters is 1. The fourth-order valence-electron chi connectivity index (χ4n) is 1.37. The van der Waals surface area contributed by atoms with Gasteiger partial charge in [-0.2, -0.15) is 0 Å². The first-order chi connectivity index (χ1) is 8.26. The first-order valence-electron chi connectivity index (χ1n) is 5.90. The van der Waals surface area contributed by atoms with Crippen molar-refractivity contribution in [2.24, 2.45) is 5.73 Å². The Bertz CT molecular complexity index is 336. The Morgan fingerprint density at radius 3 is 2.56 bits per heavy atom. The van der Waals surface area contributed by atoms with E-state index in [-0.39, 0.29) is 0 Å². The molecule has 4 N–H and O–H groups in total. The molecule has 0 aromatic rings. The van der Waals surface area contributed by atoms with Gasteiger partial charge in [0.15, 0.2) is 0 Å². The van der Waals surface area contributed by atoms with E-state index in [1.807, 2.05) is 6.92 Å². The van der Waals surface area contributed by atoms with Crippen LogP contribution in [0.3, 0.4) is 0 Å². The third-order valence-electron chi connectivity index (χ3n) is 2.18. The summed E-state index contributed by atoms with van der Waals surface area (Å²) < 4.78 is 15.7. The van der Waals surface area contributed by atoms with Crippen LogP contribution in [0.15, 0.2) is 11.6 Å². The fraction of sp³-hybridized carbons (Fsp3) is 0.727. The minimum Gasteiger partial charge on any atom is -0.464 e. The number of nitrogens with two attached hydrogens (primary N) is 1. The van der Waals surface area contributed by atoms with Gasteiger partial charge in [-0.3, -0.25) is 9.36 Å². The molecule has 106 valence electrons. The van der Waals surface area contributed by atoms with Crippen molar-refractivity contribution in [2.75, 3.05) is 12.8 Å². The molecule has 0 saturated heterocycles. The maximum atomic E-state index is 11.4. The molecular weight excluding hydrogens is 257 g/mol. The molecule has 0 aliphatic heterocycles. The molecule has 0 spiro atoms. The van der Waals surface area contributed by atoms with Crippen molar-refractivity contribution in [2.45, 2.75) is 39.2 Å². The van der Waals surface area contributed by atoms with E-state index in [2.05, 4.69) is 0 Å². The van der Waals surface area contributed by atoms with Crippen molar-refractivity contribution in [3.8, 4) is 0 Å². The van der Waals surface area contributed by atoms with Gasteiger partial charge in [-0.1, -0.05) is 31.4 Å². The third-order valence-corrected chi connectivity index (χ3v) is 3.09. The van der Waals surface area contributed by atoms with Crippen LogP contribution in [-0.2, 0) is 14.1 Å². The van der Waals surface area contributed by atoms with E-state index in [4.69, 9.17) is 20.3 Å². The average Bonchev–Trinajstić information content (AvgIpc) is 2.21. The normalized spacial score (nSPS) is 14.4. The highest BCUT2D eigenvalue weighted by Gasteiger charge is 2.17. The lowest BCUT2D eigenvalue weighted by atomic mass is 10.2. The second kappa shape index (κ2) is 8.43. The minimum atomic E-state index is -4.11. The predicted octanol–water partition coefficient (Wildman–Crippen LogP) is 1.17. The van der Waals surface area contributed by atoms with Gasteiger partial charge >= 0.3 is 13.6 Å². The zero-order chi connectivity index (χ0) is 14.2. The van der Waals surface area contributed by atoms with Crippen LogP contribution in [0.25, 0.3) is 0 Å². The van der Waals surface area contributed by atoms with Crippen molar-refractivity contribution < 1.29 is 23.9 Å². The van der Waals surface area contributed by atoms with Crippen LogP contribution in [0, 0.1) is 0 Å². The number of carbonyl (C=O) groups excluding carboxylic acids is 1. The van der Waals surface area contributed by atoms with E-state index in [0.29, 0.717) is 12.2 Å². The van der Waals surface area contributed by atoms with Crippen LogP contribution in [0.5, 0.6) is 0 Å². The lowest BCUT2D eigenvalue weighted by molar-refractivity contribution is -0.144. The van der Waals surface area contributed by atoms with Crippen molar-refractivity contribution in [1.29, 1.82) is 0 Å². The number of carbonyl (C=O) groups is 1. The number of rotatable bonds is 8. The van der Waals surface area contributed by atoms with Crippen molar-refractivity contribution in [1.82, 2.24) is 0 Å². The molecule has 0 aromatic carbocycles. The van der Waals surface area contributed by atoms with Crippen LogP contribution in [0.2, 0.25) is 0 Å². The second-order valence-electron chi connectivity index (χ2n) is 4.24. The molecule has 0 amide bonds. The highest BCUT2D eigenvalue weighted by atomic mass is 31.2. The van der Waals surface area contributed by atoms with Crippen molar-refractivity contribution in [3.05, 3.63) is 11.6 Å². The molecule has 0 aliphatic carbocycles. The number of ether oxygens (including phenoxy) is 1. The standard InChI is InChI=1S/C11H22NO5P/c1-3-4-5-6-17-11(13)10(12)7-9(2)8-18(14,15)16/h7,10H,3-6,8,12H2,1-2H3,(H2,14,15,16). The first kappa shape index (κ1) is 17.3. The summed E-state index contributed by atoms with van der Waals surface area (Å²) in [7, 11) is -4.11. The number of unbranched alkanes of at least 4 members (excludes halogenated alkanes) is 2. The van der Waals surface area contributed by atoms with Gasteiger partial charge < -0.3 is 20.3 Å². The Labute approximate surface area is 107 Å². The summed E-state index contributed by atoms with van der Waals surface area (Å²) >= 11 is 0. The maximum Gasteiger partial charge on any atom is 0.329 e. The Balaban J connectivity index is 4.13. The molecule has 18 heavy (non-hydrogen) atoms. The Kier molecular flexibility index (Phi) is 8.11. The van der Waals surface area contributed by atoms with E-state index in [9.17, 15) is 9.36 Å². The topological polar surface area (TPSA) is 110 Å². The Morgan fingerprint density at radius 1 is 1.44 bits per heavy atom. The lowest BCUT2D eigenvalue weighted by Gasteiger charge is -2.10. The molecule has 1 unspecified atom stereocenters. The fourth-order valence-corrected chi connectivity index (χ4v) is 2.13. The van der Waals surface area contributed by atoms with Gasteiger partial charge in [-0.05, 0) is 13.3 Å². The number of allylic oxidation sites excluding steroid dienone is 1. The van der Waals surface area contributed by atoms with Crippen LogP contribution in [-0.4, -0.2) is 34.6 Å². The summed E-state index contributed by atoms with van der Waals surface area (Å²) in [5.41, 5.74) is 5.92. The van der Waals surface area contributed by atoms with Crippen LogP contribution in [0.1, 0.15) is 33.1 Å². The molecule has 0 rings (SSSR count). The highest BCUT2D eigenvalue weighted by Crippen LogP contribution is 2.36. The van der Waals surface area contributed by atoms with E-state index < -0.39 is 25.8 Å². The Morgan fingerprint density at radius 2 is 2.06 bits per heavy atom. The van der Waals surface area contributed by atoms with E-state index >= 15 is 0 Å². The maximum absolute atomic E-state index is 11.4. The third kappa shape index (κ3) is 9.36. The predicted molar refractivity (Wildman–Crippen MR) is 69.1 cm³/mol. The van der Waals surface area contributed by atoms with Gasteiger partial charge in [0.25, 0.3) is 0 Å². The molecule has 0 saturated carbocycles. The van der Waals surface area contributed by atoms with Crippen molar-refractivity contribution in [3.63, 3.8) is 0 Å². The van der Waals surface area contributed by atoms with Gasteiger partial charge in [0.2, 0.25) is 0 Å². The molecule has 0 fully saturated rings. The second-order valence-corrected chi connectivity index (χ2v) is 5.88. The summed E-state index contributed by atoms with van der Waals surface area (Å²) in [5, 5.41) is 0. The van der Waals surface area contributed by atoms with Crippen LogP contribution >= 0.6 is 7.60 Å². The van der Waals surface area contributed by atoms with Gasteiger partial charge in [0.05, 0.1) is 12.8 Å². The van der Waals surface area contributed by atoms with Gasteiger partial charge in [-0.25, -0.2) is 0 Å². The lowest BCUT2D eigenvalue weighted by Crippen LogP contribution is -2.31. The summed E-state index contributed by atoms with van der Waals surface area (Å²) in [6, 6.07) is -0.974.